The number of carbonyl (C=O) groups excluding carboxylic acids is 1. The number of rotatable bonds is 4. The predicted molar refractivity (Wildman–Crippen MR) is 104 cm³/mol. The van der Waals surface area contributed by atoms with E-state index in [4.69, 9.17) is 0 Å². The van der Waals surface area contributed by atoms with Crippen LogP contribution >= 0.6 is 0 Å². The topological polar surface area (TPSA) is 54.3 Å². The molecule has 2 aliphatic heterocycles. The summed E-state index contributed by atoms with van der Waals surface area (Å²) in [6, 6.07) is 5.92. The Kier molecular flexibility index (Phi) is 5.00. The lowest BCUT2D eigenvalue weighted by Crippen LogP contribution is -2.51. The molecule has 0 unspecified atom stereocenters. The summed E-state index contributed by atoms with van der Waals surface area (Å²) < 4.78 is 1.95. The highest BCUT2D eigenvalue weighted by Gasteiger charge is 2.41. The number of hydrogen-bond acceptors (Lipinski definition) is 4. The molecule has 0 bridgehead atoms. The van der Waals surface area contributed by atoms with Crippen molar-refractivity contribution in [3.8, 4) is 0 Å². The van der Waals surface area contributed by atoms with Gasteiger partial charge in [-0.25, -0.2) is 0 Å². The van der Waals surface area contributed by atoms with Crippen LogP contribution in [0.25, 0.3) is 0 Å². The highest BCUT2D eigenvalue weighted by molar-refractivity contribution is 5.77. The van der Waals surface area contributed by atoms with Crippen molar-refractivity contribution in [1.82, 2.24) is 24.6 Å². The Labute approximate surface area is 161 Å². The van der Waals surface area contributed by atoms with Gasteiger partial charge in [-0.05, 0) is 56.8 Å². The molecule has 0 aliphatic carbocycles. The van der Waals surface area contributed by atoms with Gasteiger partial charge in [0.25, 0.3) is 0 Å². The van der Waals surface area contributed by atoms with E-state index in [1.165, 1.54) is 11.3 Å². The molecule has 0 radical (unpaired) electrons. The van der Waals surface area contributed by atoms with Crippen molar-refractivity contribution in [3.63, 3.8) is 0 Å². The molecular weight excluding hydrogens is 338 g/mol. The second-order valence-corrected chi connectivity index (χ2v) is 8.23. The second kappa shape index (κ2) is 7.43. The standard InChI is InChI=1S/C21H29N5O/c1-17-18(13-23-24(17)2)14-25-11-8-21(9-12-25)7-6-20(27)26(16-21)15-19-5-3-4-10-22-19/h3-5,10,13H,6-9,11-12,14-16H2,1-2H3. The summed E-state index contributed by atoms with van der Waals surface area (Å²) in [4.78, 5) is 21.4. The van der Waals surface area contributed by atoms with Gasteiger partial charge >= 0.3 is 0 Å². The zero-order valence-electron chi connectivity index (χ0n) is 16.4. The van der Waals surface area contributed by atoms with E-state index in [1.807, 2.05) is 41.0 Å². The zero-order valence-corrected chi connectivity index (χ0v) is 16.4. The number of likely N-dealkylation sites (tertiary alicyclic amines) is 2. The minimum absolute atomic E-state index is 0.277. The molecule has 144 valence electrons. The van der Waals surface area contributed by atoms with Gasteiger partial charge in [-0.2, -0.15) is 5.10 Å². The second-order valence-electron chi connectivity index (χ2n) is 8.23. The zero-order chi connectivity index (χ0) is 18.9. The third-order valence-electron chi connectivity index (χ3n) is 6.47. The van der Waals surface area contributed by atoms with Crippen LogP contribution in [0.1, 0.15) is 42.6 Å². The normalized spacial score (nSPS) is 20.4. The molecule has 2 aromatic heterocycles. The maximum absolute atomic E-state index is 12.4. The number of aryl methyl sites for hydroxylation is 1. The predicted octanol–water partition coefficient (Wildman–Crippen LogP) is 2.53. The first kappa shape index (κ1) is 18.2. The molecule has 4 heterocycles. The largest absolute Gasteiger partial charge is 0.336 e. The van der Waals surface area contributed by atoms with Crippen molar-refractivity contribution in [2.45, 2.75) is 45.7 Å². The van der Waals surface area contributed by atoms with Crippen LogP contribution < -0.4 is 0 Å². The van der Waals surface area contributed by atoms with Gasteiger partial charge in [0, 0.05) is 44.0 Å². The number of hydrogen-bond donors (Lipinski definition) is 0. The monoisotopic (exact) mass is 367 g/mol. The number of nitrogens with zero attached hydrogens (tertiary/aromatic N) is 5. The number of piperidine rings is 2. The van der Waals surface area contributed by atoms with Gasteiger partial charge in [0.1, 0.15) is 0 Å². The summed E-state index contributed by atoms with van der Waals surface area (Å²) >= 11 is 0. The third-order valence-corrected chi connectivity index (χ3v) is 6.47. The summed E-state index contributed by atoms with van der Waals surface area (Å²) in [6.45, 7) is 6.82. The molecule has 2 fully saturated rings. The van der Waals surface area contributed by atoms with E-state index >= 15 is 0 Å². The van der Waals surface area contributed by atoms with Crippen molar-refractivity contribution in [2.75, 3.05) is 19.6 Å². The first-order valence-corrected chi connectivity index (χ1v) is 9.92. The van der Waals surface area contributed by atoms with Gasteiger partial charge in [0.05, 0.1) is 18.4 Å². The minimum Gasteiger partial charge on any atom is -0.336 e. The van der Waals surface area contributed by atoms with Crippen molar-refractivity contribution in [1.29, 1.82) is 0 Å². The Bertz CT molecular complexity index is 792. The Balaban J connectivity index is 1.37. The summed E-state index contributed by atoms with van der Waals surface area (Å²) in [5.74, 6) is 0.277. The Morgan fingerprint density at radius 2 is 1.96 bits per heavy atom. The van der Waals surface area contributed by atoms with Crippen LogP contribution in [0.2, 0.25) is 0 Å². The maximum Gasteiger partial charge on any atom is 0.222 e. The smallest absolute Gasteiger partial charge is 0.222 e. The number of carbonyl (C=O) groups is 1. The molecule has 0 saturated carbocycles. The first-order chi connectivity index (χ1) is 13.0. The van der Waals surface area contributed by atoms with Crippen LogP contribution in [0.5, 0.6) is 0 Å². The van der Waals surface area contributed by atoms with Crippen molar-refractivity contribution >= 4 is 5.91 Å². The number of aromatic nitrogens is 3. The fourth-order valence-corrected chi connectivity index (χ4v) is 4.47. The van der Waals surface area contributed by atoms with Crippen LogP contribution in [-0.2, 0) is 24.9 Å². The lowest BCUT2D eigenvalue weighted by molar-refractivity contribution is -0.140. The molecule has 6 heteroatoms. The molecule has 27 heavy (non-hydrogen) atoms. The Morgan fingerprint density at radius 3 is 2.63 bits per heavy atom. The average molecular weight is 367 g/mol. The van der Waals surface area contributed by atoms with Crippen molar-refractivity contribution in [3.05, 3.63) is 47.5 Å². The molecule has 2 aliphatic rings. The minimum atomic E-state index is 0.277. The lowest BCUT2D eigenvalue weighted by Gasteiger charge is -2.47. The molecule has 4 rings (SSSR count). The van der Waals surface area contributed by atoms with E-state index in [0.717, 1.165) is 51.1 Å². The summed E-state index contributed by atoms with van der Waals surface area (Å²) in [6.07, 6.45) is 7.83. The molecule has 0 N–H and O–H groups in total. The van der Waals surface area contributed by atoms with Crippen LogP contribution in [0.15, 0.2) is 30.6 Å². The van der Waals surface area contributed by atoms with E-state index < -0.39 is 0 Å². The molecule has 6 nitrogen and oxygen atoms in total. The Hall–Kier alpha value is -2.21. The van der Waals surface area contributed by atoms with Crippen molar-refractivity contribution in [2.24, 2.45) is 12.5 Å². The fourth-order valence-electron chi connectivity index (χ4n) is 4.47. The molecule has 2 aromatic rings. The van der Waals surface area contributed by atoms with E-state index in [2.05, 4.69) is 21.9 Å². The molecule has 1 amide bonds. The first-order valence-electron chi connectivity index (χ1n) is 9.92. The van der Waals surface area contributed by atoms with Crippen LogP contribution in [0.3, 0.4) is 0 Å². The van der Waals surface area contributed by atoms with Gasteiger partial charge in [-0.1, -0.05) is 6.07 Å². The Morgan fingerprint density at radius 1 is 1.15 bits per heavy atom. The van der Waals surface area contributed by atoms with Gasteiger partial charge in [0.2, 0.25) is 5.91 Å². The summed E-state index contributed by atoms with van der Waals surface area (Å²) in [7, 11) is 2.00. The molecular formula is C21H29N5O. The van der Waals surface area contributed by atoms with Gasteiger partial charge < -0.3 is 4.90 Å². The fraction of sp³-hybridized carbons (Fsp3) is 0.571. The molecule has 2 saturated heterocycles. The quantitative estimate of drug-likeness (QED) is 0.833. The van der Waals surface area contributed by atoms with Gasteiger partial charge in [0.15, 0.2) is 0 Å². The molecule has 0 aromatic carbocycles. The SMILES string of the molecule is Cc1c(CN2CCC3(CCC(=O)N(Cc4ccccn4)C3)CC2)cnn1C. The van der Waals surface area contributed by atoms with E-state index in [1.54, 1.807) is 6.20 Å². The number of amides is 1. The summed E-state index contributed by atoms with van der Waals surface area (Å²) in [5.41, 5.74) is 3.83. The van der Waals surface area contributed by atoms with E-state index in [-0.39, 0.29) is 11.3 Å². The van der Waals surface area contributed by atoms with Crippen LogP contribution in [-0.4, -0.2) is 50.1 Å². The highest BCUT2D eigenvalue weighted by atomic mass is 16.2. The van der Waals surface area contributed by atoms with Crippen molar-refractivity contribution < 1.29 is 4.79 Å². The molecule has 1 spiro atoms. The van der Waals surface area contributed by atoms with Gasteiger partial charge in [-0.3, -0.25) is 19.4 Å². The van der Waals surface area contributed by atoms with E-state index in [9.17, 15) is 4.79 Å². The van der Waals surface area contributed by atoms with Crippen LogP contribution in [0.4, 0.5) is 0 Å². The third kappa shape index (κ3) is 3.90. The van der Waals surface area contributed by atoms with Gasteiger partial charge in [-0.15, -0.1) is 0 Å². The molecule has 0 atom stereocenters. The summed E-state index contributed by atoms with van der Waals surface area (Å²) in [5, 5.41) is 4.36. The maximum atomic E-state index is 12.4. The highest BCUT2D eigenvalue weighted by Crippen LogP contribution is 2.40. The number of pyridine rings is 1. The lowest BCUT2D eigenvalue weighted by atomic mass is 9.72. The van der Waals surface area contributed by atoms with Crippen LogP contribution in [0, 0.1) is 12.3 Å². The average Bonchev–Trinajstić information content (AvgIpc) is 3.00. The van der Waals surface area contributed by atoms with E-state index in [0.29, 0.717) is 13.0 Å².